The molecule has 28 heavy (non-hydrogen) atoms. The van der Waals surface area contributed by atoms with Crippen LogP contribution in [0.5, 0.6) is 0 Å². The second kappa shape index (κ2) is 7.67. The third kappa shape index (κ3) is 3.56. The molecular formula is C20H16N6O2. The normalized spacial score (nSPS) is 10.6. The Hall–Kier alpha value is -4.07. The van der Waals surface area contributed by atoms with Crippen molar-refractivity contribution in [3.05, 3.63) is 78.0 Å². The first-order chi connectivity index (χ1) is 13.7. The van der Waals surface area contributed by atoms with Gasteiger partial charge >= 0.3 is 5.97 Å². The van der Waals surface area contributed by atoms with Gasteiger partial charge in [0.1, 0.15) is 11.4 Å². The molecule has 0 aliphatic rings. The van der Waals surface area contributed by atoms with Gasteiger partial charge in [0, 0.05) is 18.3 Å². The van der Waals surface area contributed by atoms with Gasteiger partial charge in [-0.2, -0.15) is 5.21 Å². The molecule has 8 heteroatoms. The molecule has 0 bridgehead atoms. The van der Waals surface area contributed by atoms with Gasteiger partial charge in [0.25, 0.3) is 0 Å². The number of pyridine rings is 1. The molecule has 0 saturated carbocycles. The summed E-state index contributed by atoms with van der Waals surface area (Å²) in [5.41, 5.74) is 4.06. The number of aromatic carboxylic acids is 1. The van der Waals surface area contributed by atoms with E-state index in [0.717, 1.165) is 22.3 Å². The molecule has 0 spiro atoms. The summed E-state index contributed by atoms with van der Waals surface area (Å²) in [6.07, 6.45) is 1.56. The van der Waals surface area contributed by atoms with E-state index in [-0.39, 0.29) is 5.56 Å². The number of nitrogens with zero attached hydrogens (tertiary/aromatic N) is 4. The third-order valence-electron chi connectivity index (χ3n) is 4.28. The first-order valence-electron chi connectivity index (χ1n) is 8.57. The molecule has 0 atom stereocenters. The quantitative estimate of drug-likeness (QED) is 0.476. The second-order valence-electron chi connectivity index (χ2n) is 6.04. The molecular weight excluding hydrogens is 356 g/mol. The zero-order chi connectivity index (χ0) is 19.3. The summed E-state index contributed by atoms with van der Waals surface area (Å²) in [4.78, 5) is 15.4. The minimum atomic E-state index is -1.01. The van der Waals surface area contributed by atoms with Gasteiger partial charge in [-0.25, -0.2) is 9.78 Å². The Labute approximate surface area is 160 Å². The van der Waals surface area contributed by atoms with Crippen LogP contribution in [0.15, 0.2) is 66.9 Å². The van der Waals surface area contributed by atoms with Gasteiger partial charge in [-0.3, -0.25) is 0 Å². The van der Waals surface area contributed by atoms with E-state index in [1.807, 2.05) is 48.5 Å². The first kappa shape index (κ1) is 17.3. The van der Waals surface area contributed by atoms with Crippen molar-refractivity contribution in [2.24, 2.45) is 0 Å². The summed E-state index contributed by atoms with van der Waals surface area (Å²) < 4.78 is 0. The molecule has 0 amide bonds. The number of benzene rings is 2. The summed E-state index contributed by atoms with van der Waals surface area (Å²) in [6.45, 7) is 0.462. The smallest absolute Gasteiger partial charge is 0.339 e. The van der Waals surface area contributed by atoms with E-state index in [4.69, 9.17) is 0 Å². The lowest BCUT2D eigenvalue weighted by atomic mass is 9.98. The molecule has 0 aliphatic carbocycles. The van der Waals surface area contributed by atoms with E-state index in [9.17, 15) is 9.90 Å². The molecule has 4 rings (SSSR count). The number of rotatable bonds is 6. The summed E-state index contributed by atoms with van der Waals surface area (Å²) >= 11 is 0. The molecule has 2 heterocycles. The molecule has 0 fully saturated rings. The number of H-pyrrole nitrogens is 1. The minimum Gasteiger partial charge on any atom is -0.478 e. The monoisotopic (exact) mass is 372 g/mol. The fourth-order valence-corrected chi connectivity index (χ4v) is 2.91. The van der Waals surface area contributed by atoms with Gasteiger partial charge in [0.15, 0.2) is 0 Å². The Morgan fingerprint density at radius 1 is 1.00 bits per heavy atom. The average Bonchev–Trinajstić information content (AvgIpc) is 3.27. The second-order valence-corrected chi connectivity index (χ2v) is 6.04. The van der Waals surface area contributed by atoms with Crippen molar-refractivity contribution in [1.82, 2.24) is 25.6 Å². The number of carbonyl (C=O) groups is 1. The molecule has 2 aromatic heterocycles. The van der Waals surface area contributed by atoms with Crippen molar-refractivity contribution in [1.29, 1.82) is 0 Å². The number of aromatic amines is 1. The summed E-state index contributed by atoms with van der Waals surface area (Å²) in [5, 5.41) is 26.5. The van der Waals surface area contributed by atoms with Crippen molar-refractivity contribution in [3.63, 3.8) is 0 Å². The van der Waals surface area contributed by atoms with E-state index < -0.39 is 5.97 Å². The van der Waals surface area contributed by atoms with E-state index in [1.54, 1.807) is 12.3 Å². The van der Waals surface area contributed by atoms with Crippen molar-refractivity contribution >= 4 is 11.8 Å². The summed E-state index contributed by atoms with van der Waals surface area (Å²) in [7, 11) is 0. The number of tetrazole rings is 1. The highest BCUT2D eigenvalue weighted by Gasteiger charge is 2.12. The fraction of sp³-hybridized carbons (Fsp3) is 0.0500. The van der Waals surface area contributed by atoms with Crippen molar-refractivity contribution in [2.45, 2.75) is 6.54 Å². The molecule has 138 valence electrons. The van der Waals surface area contributed by atoms with Crippen LogP contribution in [0.2, 0.25) is 0 Å². The highest BCUT2D eigenvalue weighted by Crippen LogP contribution is 2.29. The predicted molar refractivity (Wildman–Crippen MR) is 104 cm³/mol. The molecule has 0 radical (unpaired) electrons. The van der Waals surface area contributed by atoms with Crippen molar-refractivity contribution in [3.8, 4) is 22.5 Å². The molecule has 0 saturated heterocycles. The van der Waals surface area contributed by atoms with Crippen molar-refractivity contribution in [2.75, 3.05) is 5.32 Å². The Kier molecular flexibility index (Phi) is 4.75. The molecule has 2 aromatic carbocycles. The van der Waals surface area contributed by atoms with Crippen LogP contribution < -0.4 is 5.32 Å². The van der Waals surface area contributed by atoms with Crippen LogP contribution in [-0.2, 0) is 6.54 Å². The standard InChI is InChI=1S/C20H16N6O2/c27-20(28)17-6-3-11-21-18(17)22-12-13-7-9-14(10-8-13)15-4-1-2-5-16(15)19-23-25-26-24-19/h1-11H,12H2,(H,21,22)(H,27,28)(H,23,24,25,26). The molecule has 4 aromatic rings. The van der Waals surface area contributed by atoms with Crippen molar-refractivity contribution < 1.29 is 9.90 Å². The topological polar surface area (TPSA) is 117 Å². The zero-order valence-corrected chi connectivity index (χ0v) is 14.7. The minimum absolute atomic E-state index is 0.146. The highest BCUT2D eigenvalue weighted by molar-refractivity contribution is 5.93. The Bertz CT molecular complexity index is 1090. The van der Waals surface area contributed by atoms with E-state index >= 15 is 0 Å². The Morgan fingerprint density at radius 2 is 1.79 bits per heavy atom. The summed E-state index contributed by atoms with van der Waals surface area (Å²) in [5.74, 6) is -0.122. The van der Waals surface area contributed by atoms with Crippen LogP contribution in [0.1, 0.15) is 15.9 Å². The number of carboxylic acid groups (broad SMARTS) is 1. The summed E-state index contributed by atoms with van der Waals surface area (Å²) in [6, 6.07) is 19.0. The number of hydrogen-bond donors (Lipinski definition) is 3. The van der Waals surface area contributed by atoms with Crippen LogP contribution >= 0.6 is 0 Å². The van der Waals surface area contributed by atoms with E-state index in [2.05, 4.69) is 30.9 Å². The van der Waals surface area contributed by atoms with Crippen LogP contribution in [0.4, 0.5) is 5.82 Å². The number of carboxylic acids is 1. The SMILES string of the molecule is O=C(O)c1cccnc1NCc1ccc(-c2ccccc2-c2nn[nH]n2)cc1. The average molecular weight is 372 g/mol. The Balaban J connectivity index is 1.54. The van der Waals surface area contributed by atoms with Gasteiger partial charge in [-0.05, 0) is 34.0 Å². The van der Waals surface area contributed by atoms with Gasteiger partial charge < -0.3 is 10.4 Å². The molecule has 8 nitrogen and oxygen atoms in total. The van der Waals surface area contributed by atoms with Crippen LogP contribution in [0.25, 0.3) is 22.5 Å². The van der Waals surface area contributed by atoms with Gasteiger partial charge in [0.2, 0.25) is 5.82 Å². The number of hydrogen-bond acceptors (Lipinski definition) is 6. The van der Waals surface area contributed by atoms with Gasteiger partial charge in [0.05, 0.1) is 0 Å². The number of nitrogens with one attached hydrogen (secondary N) is 2. The number of aromatic nitrogens is 5. The first-order valence-corrected chi connectivity index (χ1v) is 8.57. The van der Waals surface area contributed by atoms with Crippen LogP contribution in [0.3, 0.4) is 0 Å². The Morgan fingerprint density at radius 3 is 2.50 bits per heavy atom. The molecule has 3 N–H and O–H groups in total. The molecule has 0 aliphatic heterocycles. The number of anilines is 1. The predicted octanol–water partition coefficient (Wildman–Crippen LogP) is 3.24. The van der Waals surface area contributed by atoms with E-state index in [1.165, 1.54) is 6.07 Å². The lowest BCUT2D eigenvalue weighted by Crippen LogP contribution is -2.08. The fourth-order valence-electron chi connectivity index (χ4n) is 2.91. The maximum Gasteiger partial charge on any atom is 0.339 e. The van der Waals surface area contributed by atoms with Crippen LogP contribution in [0, 0.1) is 0 Å². The lowest BCUT2D eigenvalue weighted by Gasteiger charge is -2.10. The lowest BCUT2D eigenvalue weighted by molar-refractivity contribution is 0.0697. The van der Waals surface area contributed by atoms with Crippen LogP contribution in [-0.4, -0.2) is 36.7 Å². The maximum absolute atomic E-state index is 11.3. The van der Waals surface area contributed by atoms with Gasteiger partial charge in [-0.1, -0.05) is 48.5 Å². The largest absolute Gasteiger partial charge is 0.478 e. The maximum atomic E-state index is 11.3. The highest BCUT2D eigenvalue weighted by atomic mass is 16.4. The zero-order valence-electron chi connectivity index (χ0n) is 14.7. The molecule has 0 unspecified atom stereocenters. The third-order valence-corrected chi connectivity index (χ3v) is 4.28. The van der Waals surface area contributed by atoms with Gasteiger partial charge in [-0.15, -0.1) is 10.2 Å². The van der Waals surface area contributed by atoms with E-state index in [0.29, 0.717) is 18.2 Å².